The van der Waals surface area contributed by atoms with Crippen LogP contribution in [0.2, 0.25) is 0 Å². The SMILES string of the molecule is CO[NH2+]c1ccc(N2CCN(C)CC2)c(C)c1. The summed E-state index contributed by atoms with van der Waals surface area (Å²) in [5, 5.41) is 0. The van der Waals surface area contributed by atoms with Crippen LogP contribution < -0.4 is 10.4 Å². The van der Waals surface area contributed by atoms with Crippen LogP contribution in [-0.4, -0.2) is 45.2 Å². The van der Waals surface area contributed by atoms with Crippen molar-refractivity contribution in [3.05, 3.63) is 23.8 Å². The van der Waals surface area contributed by atoms with E-state index in [0.29, 0.717) is 0 Å². The number of anilines is 1. The molecule has 0 radical (unpaired) electrons. The number of rotatable bonds is 3. The molecule has 1 aliphatic heterocycles. The summed E-state index contributed by atoms with van der Waals surface area (Å²) < 4.78 is 0. The molecule has 0 amide bonds. The summed E-state index contributed by atoms with van der Waals surface area (Å²) in [5.41, 5.74) is 5.58. The first kappa shape index (κ1) is 12.4. The van der Waals surface area contributed by atoms with E-state index < -0.39 is 0 Å². The summed E-state index contributed by atoms with van der Waals surface area (Å²) in [6.45, 7) is 6.69. The Morgan fingerprint density at radius 1 is 1.18 bits per heavy atom. The first-order valence-corrected chi connectivity index (χ1v) is 6.11. The minimum absolute atomic E-state index is 1.12. The van der Waals surface area contributed by atoms with Crippen molar-refractivity contribution in [2.75, 3.05) is 45.2 Å². The van der Waals surface area contributed by atoms with Gasteiger partial charge in [-0.25, -0.2) is 4.84 Å². The highest BCUT2D eigenvalue weighted by atomic mass is 16.6. The minimum Gasteiger partial charge on any atom is -0.369 e. The van der Waals surface area contributed by atoms with E-state index in [2.05, 4.69) is 42.0 Å². The summed E-state index contributed by atoms with van der Waals surface area (Å²) in [4.78, 5) is 9.88. The minimum atomic E-state index is 1.12. The number of nitrogens with zero attached hydrogens (tertiary/aromatic N) is 2. The van der Waals surface area contributed by atoms with E-state index in [1.807, 2.05) is 0 Å². The molecule has 4 nitrogen and oxygen atoms in total. The lowest BCUT2D eigenvalue weighted by atomic mass is 10.1. The van der Waals surface area contributed by atoms with Gasteiger partial charge in [0.05, 0.1) is 7.11 Å². The fourth-order valence-corrected chi connectivity index (χ4v) is 2.29. The monoisotopic (exact) mass is 236 g/mol. The van der Waals surface area contributed by atoms with Crippen LogP contribution >= 0.6 is 0 Å². The Bertz CT molecular complexity index is 373. The summed E-state index contributed by atoms with van der Waals surface area (Å²) in [5.74, 6) is 0. The average molecular weight is 236 g/mol. The molecule has 1 aromatic carbocycles. The highest BCUT2D eigenvalue weighted by Gasteiger charge is 2.16. The van der Waals surface area contributed by atoms with Gasteiger partial charge in [-0.15, -0.1) is 0 Å². The predicted molar refractivity (Wildman–Crippen MR) is 69.5 cm³/mol. The highest BCUT2D eigenvalue weighted by Crippen LogP contribution is 2.22. The van der Waals surface area contributed by atoms with Crippen molar-refractivity contribution in [2.24, 2.45) is 0 Å². The van der Waals surface area contributed by atoms with Gasteiger partial charge < -0.3 is 9.80 Å². The number of nitrogens with two attached hydrogens (primary N) is 1. The van der Waals surface area contributed by atoms with Crippen molar-refractivity contribution in [1.29, 1.82) is 0 Å². The van der Waals surface area contributed by atoms with Gasteiger partial charge in [-0.1, -0.05) is 0 Å². The molecule has 1 aliphatic rings. The van der Waals surface area contributed by atoms with Gasteiger partial charge in [-0.05, 0) is 25.6 Å². The van der Waals surface area contributed by atoms with E-state index in [1.54, 1.807) is 12.6 Å². The van der Waals surface area contributed by atoms with Gasteiger partial charge in [-0.3, -0.25) is 0 Å². The first-order chi connectivity index (χ1) is 8.20. The Kier molecular flexibility index (Phi) is 3.99. The highest BCUT2D eigenvalue weighted by molar-refractivity contribution is 5.57. The third-order valence-electron chi connectivity index (χ3n) is 3.32. The molecule has 0 aliphatic carbocycles. The average Bonchev–Trinajstić information content (AvgIpc) is 2.31. The number of benzene rings is 1. The maximum absolute atomic E-state index is 5.04. The Morgan fingerprint density at radius 3 is 2.47 bits per heavy atom. The van der Waals surface area contributed by atoms with Crippen LogP contribution in [0.15, 0.2) is 18.2 Å². The molecule has 0 unspecified atom stereocenters. The zero-order chi connectivity index (χ0) is 12.3. The number of likely N-dealkylation sites (N-methyl/N-ethyl adjacent to an activating group) is 1. The number of aryl methyl sites for hydroxylation is 1. The van der Waals surface area contributed by atoms with E-state index in [-0.39, 0.29) is 0 Å². The molecule has 1 fully saturated rings. The molecule has 1 saturated heterocycles. The van der Waals surface area contributed by atoms with E-state index in [9.17, 15) is 0 Å². The quantitative estimate of drug-likeness (QED) is 0.613. The smallest absolute Gasteiger partial charge is 0.162 e. The maximum Gasteiger partial charge on any atom is 0.162 e. The Hall–Kier alpha value is -1.10. The molecule has 4 heteroatoms. The second kappa shape index (κ2) is 5.49. The molecule has 0 bridgehead atoms. The normalized spacial score (nSPS) is 17.5. The Balaban J connectivity index is 2.10. The second-order valence-corrected chi connectivity index (χ2v) is 4.69. The van der Waals surface area contributed by atoms with Gasteiger partial charge in [-0.2, -0.15) is 5.48 Å². The van der Waals surface area contributed by atoms with E-state index in [1.165, 1.54) is 11.3 Å². The number of piperazine rings is 1. The lowest BCUT2D eigenvalue weighted by Crippen LogP contribution is -2.75. The Morgan fingerprint density at radius 2 is 1.88 bits per heavy atom. The maximum atomic E-state index is 5.04. The topological polar surface area (TPSA) is 32.3 Å². The molecule has 1 aromatic rings. The van der Waals surface area contributed by atoms with Gasteiger partial charge >= 0.3 is 0 Å². The van der Waals surface area contributed by atoms with E-state index >= 15 is 0 Å². The van der Waals surface area contributed by atoms with Crippen LogP contribution in [0.25, 0.3) is 0 Å². The zero-order valence-electron chi connectivity index (χ0n) is 10.9. The third-order valence-corrected chi connectivity index (χ3v) is 3.32. The van der Waals surface area contributed by atoms with Gasteiger partial charge in [0.2, 0.25) is 0 Å². The number of hydrogen-bond donors (Lipinski definition) is 1. The summed E-state index contributed by atoms with van der Waals surface area (Å²) in [6.07, 6.45) is 0. The summed E-state index contributed by atoms with van der Waals surface area (Å²) >= 11 is 0. The van der Waals surface area contributed by atoms with Crippen molar-refractivity contribution >= 4 is 11.4 Å². The van der Waals surface area contributed by atoms with Crippen LogP contribution in [0.1, 0.15) is 5.56 Å². The first-order valence-electron chi connectivity index (χ1n) is 6.11. The van der Waals surface area contributed by atoms with E-state index in [0.717, 1.165) is 31.9 Å². The molecule has 2 N–H and O–H groups in total. The van der Waals surface area contributed by atoms with Crippen molar-refractivity contribution in [2.45, 2.75) is 6.92 Å². The second-order valence-electron chi connectivity index (χ2n) is 4.69. The third kappa shape index (κ3) is 2.97. The summed E-state index contributed by atoms with van der Waals surface area (Å²) in [6, 6.07) is 6.49. The van der Waals surface area contributed by atoms with Gasteiger partial charge in [0.25, 0.3) is 0 Å². The van der Waals surface area contributed by atoms with Crippen molar-refractivity contribution < 1.29 is 10.3 Å². The molecule has 0 atom stereocenters. The molecule has 0 aromatic heterocycles. The summed E-state index contributed by atoms with van der Waals surface area (Å²) in [7, 11) is 3.87. The van der Waals surface area contributed by atoms with Crippen molar-refractivity contribution in [3.63, 3.8) is 0 Å². The van der Waals surface area contributed by atoms with Crippen LogP contribution in [-0.2, 0) is 4.84 Å². The van der Waals surface area contributed by atoms with Crippen molar-refractivity contribution in [1.82, 2.24) is 4.90 Å². The molecule has 1 heterocycles. The number of hydrogen-bond acceptors (Lipinski definition) is 3. The van der Waals surface area contributed by atoms with Gasteiger partial charge in [0.15, 0.2) is 5.69 Å². The Labute approximate surface area is 103 Å². The van der Waals surface area contributed by atoms with Crippen molar-refractivity contribution in [3.8, 4) is 0 Å². The molecule has 17 heavy (non-hydrogen) atoms. The predicted octanol–water partition coefficient (Wildman–Crippen LogP) is 0.503. The molecule has 94 valence electrons. The van der Waals surface area contributed by atoms with Crippen LogP contribution in [0.4, 0.5) is 11.4 Å². The van der Waals surface area contributed by atoms with Crippen LogP contribution in [0.3, 0.4) is 0 Å². The van der Waals surface area contributed by atoms with E-state index in [4.69, 9.17) is 4.84 Å². The van der Waals surface area contributed by atoms with Gasteiger partial charge in [0.1, 0.15) is 0 Å². The zero-order valence-corrected chi connectivity index (χ0v) is 10.9. The molecule has 0 spiro atoms. The molecule has 2 rings (SSSR count). The number of quaternary nitrogens is 1. The standard InChI is InChI=1S/C13H21N3O/c1-11-10-12(14-17-3)4-5-13(11)16-8-6-15(2)7-9-16/h4-5,10,14H,6-9H2,1-3H3/p+1. The van der Waals surface area contributed by atoms with Gasteiger partial charge in [0, 0.05) is 44.0 Å². The molecular formula is C13H22N3O+. The molecule has 0 saturated carbocycles. The largest absolute Gasteiger partial charge is 0.369 e. The lowest BCUT2D eigenvalue weighted by molar-refractivity contribution is -0.830. The fraction of sp³-hybridized carbons (Fsp3) is 0.538. The lowest BCUT2D eigenvalue weighted by Gasteiger charge is -2.34. The molecular weight excluding hydrogens is 214 g/mol. The van der Waals surface area contributed by atoms with Crippen LogP contribution in [0.5, 0.6) is 0 Å². The van der Waals surface area contributed by atoms with Crippen LogP contribution in [0, 0.1) is 6.92 Å². The fourth-order valence-electron chi connectivity index (χ4n) is 2.29.